The van der Waals surface area contributed by atoms with E-state index < -0.39 is 0 Å². The first-order valence-corrected chi connectivity index (χ1v) is 8.99. The second-order valence-corrected chi connectivity index (χ2v) is 7.06. The lowest BCUT2D eigenvalue weighted by atomic mass is 9.87. The normalized spacial score (nSPS) is 13.5. The Labute approximate surface area is 152 Å². The summed E-state index contributed by atoms with van der Waals surface area (Å²) >= 11 is 3.53. The Morgan fingerprint density at radius 2 is 1.21 bits per heavy atom. The third kappa shape index (κ3) is 3.39. The third-order valence-corrected chi connectivity index (χ3v) is 5.29. The second-order valence-electron chi connectivity index (χ2n) is 6.21. The Bertz CT molecular complexity index is 812. The Morgan fingerprint density at radius 1 is 0.708 bits per heavy atom. The molecule has 0 amide bonds. The topological polar surface area (TPSA) is 20.2 Å². The van der Waals surface area contributed by atoms with Crippen LogP contribution in [0.4, 0.5) is 0 Å². The zero-order valence-electron chi connectivity index (χ0n) is 13.9. The maximum Gasteiger partial charge on any atom is 0.133 e. The molecule has 1 nitrogen and oxygen atoms in total. The van der Waals surface area contributed by atoms with E-state index in [1.54, 1.807) is 0 Å². The highest BCUT2D eigenvalue weighted by Gasteiger charge is 2.18. The Morgan fingerprint density at radius 3 is 1.75 bits per heavy atom. The van der Waals surface area contributed by atoms with Crippen LogP contribution in [0.25, 0.3) is 0 Å². The summed E-state index contributed by atoms with van der Waals surface area (Å²) in [5.74, 6) is 0.727. The highest BCUT2D eigenvalue weighted by molar-refractivity contribution is 9.10. The van der Waals surface area contributed by atoms with E-state index in [0.29, 0.717) is 5.75 Å². The van der Waals surface area contributed by atoms with E-state index in [2.05, 4.69) is 72.2 Å². The van der Waals surface area contributed by atoms with Crippen molar-refractivity contribution in [3.05, 3.63) is 99.5 Å². The zero-order valence-corrected chi connectivity index (χ0v) is 15.5. The van der Waals surface area contributed by atoms with Crippen molar-refractivity contribution in [3.63, 3.8) is 0 Å². The fraction of sp³-hybridized carbons (Fsp3) is 0.182. The van der Waals surface area contributed by atoms with Gasteiger partial charge in [0, 0.05) is 17.4 Å². The van der Waals surface area contributed by atoms with Gasteiger partial charge in [0.15, 0.2) is 0 Å². The van der Waals surface area contributed by atoms with Crippen LogP contribution in [0.5, 0.6) is 5.75 Å². The van der Waals surface area contributed by atoms with E-state index in [-0.39, 0.29) is 11.8 Å². The van der Waals surface area contributed by atoms with E-state index in [4.69, 9.17) is 0 Å². The molecule has 0 aliphatic carbocycles. The number of benzene rings is 3. The summed E-state index contributed by atoms with van der Waals surface area (Å²) in [5, 5.41) is 10.6. The van der Waals surface area contributed by atoms with Crippen LogP contribution in [0, 0.1) is 0 Å². The fourth-order valence-electron chi connectivity index (χ4n) is 3.08. The van der Waals surface area contributed by atoms with Gasteiger partial charge in [0.2, 0.25) is 0 Å². The molecule has 1 N–H and O–H groups in total. The van der Waals surface area contributed by atoms with Crippen LogP contribution in [0.1, 0.15) is 47.9 Å². The summed E-state index contributed by atoms with van der Waals surface area (Å²) in [7, 11) is 0. The van der Waals surface area contributed by atoms with Crippen LogP contribution < -0.4 is 0 Å². The standard InChI is InChI=1S/C22H21BrO/c1-15(17-9-5-3-6-10-17)19-13-20(22(24)21(23)14-19)16(2)18-11-7-4-8-12-18/h3-16,24H,1-2H3. The molecule has 0 heterocycles. The molecule has 2 unspecified atom stereocenters. The molecule has 3 rings (SSSR count). The lowest BCUT2D eigenvalue weighted by molar-refractivity contribution is 0.462. The molecule has 0 fully saturated rings. The lowest BCUT2D eigenvalue weighted by Gasteiger charge is -2.20. The molecule has 0 aromatic heterocycles. The average Bonchev–Trinajstić information content (AvgIpc) is 2.64. The van der Waals surface area contributed by atoms with Gasteiger partial charge < -0.3 is 5.11 Å². The predicted molar refractivity (Wildman–Crippen MR) is 104 cm³/mol. The molecule has 0 radical (unpaired) electrons. The largest absolute Gasteiger partial charge is 0.506 e. The average molecular weight is 381 g/mol. The van der Waals surface area contributed by atoms with Crippen molar-refractivity contribution in [1.82, 2.24) is 0 Å². The van der Waals surface area contributed by atoms with Crippen LogP contribution in [0.2, 0.25) is 0 Å². The van der Waals surface area contributed by atoms with Crippen LogP contribution in [-0.2, 0) is 0 Å². The first-order valence-electron chi connectivity index (χ1n) is 8.20. The molecule has 0 aliphatic rings. The van der Waals surface area contributed by atoms with Crippen molar-refractivity contribution >= 4 is 15.9 Å². The molecule has 0 saturated heterocycles. The minimum Gasteiger partial charge on any atom is -0.506 e. The molecule has 3 aromatic rings. The van der Waals surface area contributed by atoms with Crippen LogP contribution in [-0.4, -0.2) is 5.11 Å². The van der Waals surface area contributed by atoms with E-state index in [1.807, 2.05) is 30.3 Å². The molecular formula is C22H21BrO. The molecule has 0 bridgehead atoms. The highest BCUT2D eigenvalue weighted by Crippen LogP contribution is 2.39. The van der Waals surface area contributed by atoms with Gasteiger partial charge in [-0.05, 0) is 38.7 Å². The minimum atomic E-state index is 0.130. The van der Waals surface area contributed by atoms with Gasteiger partial charge >= 0.3 is 0 Å². The number of rotatable bonds is 4. The van der Waals surface area contributed by atoms with Gasteiger partial charge in [-0.25, -0.2) is 0 Å². The quantitative estimate of drug-likeness (QED) is 0.550. The molecular weight excluding hydrogens is 360 g/mol. The zero-order chi connectivity index (χ0) is 17.1. The lowest BCUT2D eigenvalue weighted by Crippen LogP contribution is -2.02. The molecule has 3 aromatic carbocycles. The highest BCUT2D eigenvalue weighted by atomic mass is 79.9. The molecule has 0 spiro atoms. The van der Waals surface area contributed by atoms with Crippen molar-refractivity contribution in [2.75, 3.05) is 0 Å². The van der Waals surface area contributed by atoms with E-state index in [1.165, 1.54) is 16.7 Å². The maximum absolute atomic E-state index is 10.6. The van der Waals surface area contributed by atoms with Crippen molar-refractivity contribution in [2.24, 2.45) is 0 Å². The van der Waals surface area contributed by atoms with Crippen molar-refractivity contribution < 1.29 is 5.11 Å². The Kier molecular flexibility index (Phi) is 5.06. The molecule has 2 heteroatoms. The molecule has 0 aliphatic heterocycles. The number of hydrogen-bond donors (Lipinski definition) is 1. The fourth-order valence-corrected chi connectivity index (χ4v) is 3.57. The van der Waals surface area contributed by atoms with Gasteiger partial charge in [0.1, 0.15) is 5.75 Å². The second kappa shape index (κ2) is 7.23. The van der Waals surface area contributed by atoms with Crippen molar-refractivity contribution in [1.29, 1.82) is 0 Å². The van der Waals surface area contributed by atoms with Crippen molar-refractivity contribution in [3.8, 4) is 5.75 Å². The van der Waals surface area contributed by atoms with Gasteiger partial charge in [0.05, 0.1) is 4.47 Å². The Hall–Kier alpha value is -2.06. The summed E-state index contributed by atoms with van der Waals surface area (Å²) in [6.45, 7) is 4.33. The van der Waals surface area contributed by atoms with Gasteiger partial charge in [-0.3, -0.25) is 0 Å². The maximum atomic E-state index is 10.6. The van der Waals surface area contributed by atoms with Gasteiger partial charge in [-0.15, -0.1) is 0 Å². The number of phenolic OH excluding ortho intramolecular Hbond substituents is 1. The van der Waals surface area contributed by atoms with E-state index >= 15 is 0 Å². The van der Waals surface area contributed by atoms with Crippen molar-refractivity contribution in [2.45, 2.75) is 25.7 Å². The predicted octanol–water partition coefficient (Wildman–Crippen LogP) is 6.46. The first-order chi connectivity index (χ1) is 11.6. The van der Waals surface area contributed by atoms with Gasteiger partial charge in [0.25, 0.3) is 0 Å². The summed E-state index contributed by atoms with van der Waals surface area (Å²) in [5.41, 5.74) is 4.62. The van der Waals surface area contributed by atoms with Crippen LogP contribution in [0.15, 0.2) is 77.3 Å². The molecule has 0 saturated carbocycles. The summed E-state index contributed by atoms with van der Waals surface area (Å²) in [6.07, 6.45) is 0. The molecule has 122 valence electrons. The summed E-state index contributed by atoms with van der Waals surface area (Å²) in [6, 6.07) is 24.9. The van der Waals surface area contributed by atoms with E-state index in [9.17, 15) is 5.11 Å². The van der Waals surface area contributed by atoms with Gasteiger partial charge in [-0.2, -0.15) is 0 Å². The molecule has 2 atom stereocenters. The number of aromatic hydroxyl groups is 1. The van der Waals surface area contributed by atoms with E-state index in [0.717, 1.165) is 10.0 Å². The smallest absolute Gasteiger partial charge is 0.133 e. The first kappa shape index (κ1) is 16.8. The summed E-state index contributed by atoms with van der Waals surface area (Å²) < 4.78 is 0.751. The number of phenols is 1. The number of hydrogen-bond acceptors (Lipinski definition) is 1. The SMILES string of the molecule is CC(c1ccccc1)c1cc(Br)c(O)c(C(C)c2ccccc2)c1. The van der Waals surface area contributed by atoms with Crippen LogP contribution >= 0.6 is 15.9 Å². The number of halogens is 1. The summed E-state index contributed by atoms with van der Waals surface area (Å²) in [4.78, 5) is 0. The minimum absolute atomic E-state index is 0.130. The van der Waals surface area contributed by atoms with Gasteiger partial charge in [-0.1, -0.05) is 80.6 Å². The van der Waals surface area contributed by atoms with Crippen LogP contribution in [0.3, 0.4) is 0 Å². The third-order valence-electron chi connectivity index (χ3n) is 4.68. The monoisotopic (exact) mass is 380 g/mol. The Balaban J connectivity index is 2.03. The molecule has 24 heavy (non-hydrogen) atoms.